The van der Waals surface area contributed by atoms with Crippen molar-refractivity contribution >= 4 is 5.91 Å². The van der Waals surface area contributed by atoms with E-state index in [0.717, 1.165) is 12.1 Å². The van der Waals surface area contributed by atoms with Crippen LogP contribution in [0.5, 0.6) is 0 Å². The number of hydrogen-bond acceptors (Lipinski definition) is 5. The van der Waals surface area contributed by atoms with E-state index in [1.165, 1.54) is 0 Å². The molecule has 7 nitrogen and oxygen atoms in total. The first kappa shape index (κ1) is 17.6. The smallest absolute Gasteiger partial charge is 0.253 e. The average molecular weight is 342 g/mol. The fourth-order valence-corrected chi connectivity index (χ4v) is 3.08. The maximum atomic E-state index is 12.8. The van der Waals surface area contributed by atoms with E-state index >= 15 is 0 Å². The quantitative estimate of drug-likeness (QED) is 0.883. The fraction of sp³-hybridized carbons (Fsp3) is 0.500. The van der Waals surface area contributed by atoms with Crippen molar-refractivity contribution in [3.8, 4) is 5.69 Å². The van der Waals surface area contributed by atoms with Crippen LogP contribution >= 0.6 is 0 Å². The van der Waals surface area contributed by atoms with Gasteiger partial charge in [-0.3, -0.25) is 20.2 Å². The molecule has 1 fully saturated rings. The molecule has 0 bridgehead atoms. The number of carbonyl (C=O) groups is 1. The summed E-state index contributed by atoms with van der Waals surface area (Å²) in [5.41, 5.74) is 8.40. The molecule has 7 heteroatoms. The molecule has 1 aliphatic rings. The summed E-state index contributed by atoms with van der Waals surface area (Å²) in [5.74, 6) is 0.0101. The molecule has 1 saturated heterocycles. The van der Waals surface area contributed by atoms with Gasteiger partial charge in [-0.05, 0) is 30.0 Å². The number of rotatable bonds is 4. The molecule has 1 aliphatic heterocycles. The van der Waals surface area contributed by atoms with Gasteiger partial charge >= 0.3 is 0 Å². The van der Waals surface area contributed by atoms with Gasteiger partial charge in [-0.25, -0.2) is 0 Å². The molecule has 1 amide bonds. The molecule has 2 N–H and O–H groups in total. The van der Waals surface area contributed by atoms with Crippen molar-refractivity contribution in [2.45, 2.75) is 39.3 Å². The molecule has 0 spiro atoms. The third-order valence-corrected chi connectivity index (χ3v) is 4.68. The second-order valence-electron chi connectivity index (χ2n) is 7.75. The van der Waals surface area contributed by atoms with Gasteiger partial charge in [0.05, 0.1) is 0 Å². The van der Waals surface area contributed by atoms with Crippen LogP contribution in [-0.4, -0.2) is 51.2 Å². The van der Waals surface area contributed by atoms with E-state index in [0.29, 0.717) is 18.2 Å². The minimum absolute atomic E-state index is 0.0101. The SMILES string of the molecule is CN(CC1CC(C(C)(C)C)NN1)C(=O)c1cccc(-n2cnnc2)c1. The Morgan fingerprint density at radius 1 is 1.28 bits per heavy atom. The Morgan fingerprint density at radius 3 is 2.64 bits per heavy atom. The largest absolute Gasteiger partial charge is 0.340 e. The van der Waals surface area contributed by atoms with Crippen molar-refractivity contribution in [1.82, 2.24) is 30.5 Å². The van der Waals surface area contributed by atoms with Crippen molar-refractivity contribution in [1.29, 1.82) is 0 Å². The van der Waals surface area contributed by atoms with Crippen LogP contribution in [0.15, 0.2) is 36.9 Å². The second-order valence-corrected chi connectivity index (χ2v) is 7.75. The Hall–Kier alpha value is -2.25. The standard InChI is InChI=1S/C18H26N6O/c1-18(2,3)16-9-14(21-22-16)10-23(4)17(25)13-6-5-7-15(8-13)24-11-19-20-12-24/h5-8,11-12,14,16,21-22H,9-10H2,1-4H3. The summed E-state index contributed by atoms with van der Waals surface area (Å²) >= 11 is 0. The van der Waals surface area contributed by atoms with E-state index in [1.54, 1.807) is 22.1 Å². The number of hydrazine groups is 1. The van der Waals surface area contributed by atoms with Crippen molar-refractivity contribution < 1.29 is 4.79 Å². The molecule has 1 aromatic carbocycles. The van der Waals surface area contributed by atoms with Crippen LogP contribution in [0.25, 0.3) is 5.69 Å². The van der Waals surface area contributed by atoms with Crippen LogP contribution in [0.1, 0.15) is 37.6 Å². The van der Waals surface area contributed by atoms with Crippen LogP contribution in [0.3, 0.4) is 0 Å². The minimum Gasteiger partial charge on any atom is -0.340 e. The summed E-state index contributed by atoms with van der Waals surface area (Å²) in [6, 6.07) is 8.15. The van der Waals surface area contributed by atoms with Gasteiger partial charge in [-0.15, -0.1) is 10.2 Å². The number of nitrogens with one attached hydrogen (secondary N) is 2. The van der Waals surface area contributed by atoms with Crippen LogP contribution < -0.4 is 10.9 Å². The Balaban J connectivity index is 1.64. The van der Waals surface area contributed by atoms with Gasteiger partial charge in [0.25, 0.3) is 5.91 Å². The van der Waals surface area contributed by atoms with Gasteiger partial charge < -0.3 is 4.90 Å². The van der Waals surface area contributed by atoms with Gasteiger partial charge in [0.1, 0.15) is 12.7 Å². The highest BCUT2D eigenvalue weighted by Gasteiger charge is 2.33. The molecular formula is C18H26N6O. The lowest BCUT2D eigenvalue weighted by Crippen LogP contribution is -2.42. The lowest BCUT2D eigenvalue weighted by Gasteiger charge is -2.26. The van der Waals surface area contributed by atoms with Gasteiger partial charge in [0.2, 0.25) is 0 Å². The maximum Gasteiger partial charge on any atom is 0.253 e. The average Bonchev–Trinajstić information content (AvgIpc) is 3.25. The lowest BCUT2D eigenvalue weighted by molar-refractivity contribution is 0.0782. The van der Waals surface area contributed by atoms with Gasteiger partial charge in [0.15, 0.2) is 0 Å². The molecule has 0 saturated carbocycles. The van der Waals surface area contributed by atoms with E-state index in [9.17, 15) is 4.79 Å². The van der Waals surface area contributed by atoms with E-state index in [4.69, 9.17) is 0 Å². The van der Waals surface area contributed by atoms with Gasteiger partial charge in [-0.2, -0.15) is 0 Å². The fourth-order valence-electron chi connectivity index (χ4n) is 3.08. The summed E-state index contributed by atoms with van der Waals surface area (Å²) in [4.78, 5) is 14.5. The van der Waals surface area contributed by atoms with Gasteiger partial charge in [-0.1, -0.05) is 26.8 Å². The third-order valence-electron chi connectivity index (χ3n) is 4.68. The molecule has 25 heavy (non-hydrogen) atoms. The molecule has 0 radical (unpaired) electrons. The molecule has 1 aromatic heterocycles. The summed E-state index contributed by atoms with van der Waals surface area (Å²) < 4.78 is 1.78. The Labute approximate surface area is 148 Å². The first-order valence-corrected chi connectivity index (χ1v) is 8.56. The molecule has 2 atom stereocenters. The number of hydrogen-bond donors (Lipinski definition) is 2. The first-order valence-electron chi connectivity index (χ1n) is 8.56. The Bertz CT molecular complexity index is 721. The number of carbonyl (C=O) groups excluding carboxylic acids is 1. The summed E-state index contributed by atoms with van der Waals surface area (Å²) in [6.07, 6.45) is 4.24. The lowest BCUT2D eigenvalue weighted by atomic mass is 9.84. The molecule has 3 rings (SSSR count). The Kier molecular flexibility index (Phi) is 4.87. The zero-order valence-electron chi connectivity index (χ0n) is 15.2. The molecule has 2 unspecified atom stereocenters. The zero-order valence-corrected chi connectivity index (χ0v) is 15.2. The summed E-state index contributed by atoms with van der Waals surface area (Å²) in [5, 5.41) is 7.61. The van der Waals surface area contributed by atoms with E-state index in [1.807, 2.05) is 31.3 Å². The van der Waals surface area contributed by atoms with Crippen LogP contribution in [-0.2, 0) is 0 Å². The monoisotopic (exact) mass is 342 g/mol. The van der Waals surface area contributed by atoms with Crippen molar-refractivity contribution in [2.75, 3.05) is 13.6 Å². The number of likely N-dealkylation sites (N-methyl/N-ethyl adjacent to an activating group) is 1. The predicted molar refractivity (Wildman–Crippen MR) is 96.2 cm³/mol. The molecule has 2 heterocycles. The number of benzene rings is 1. The highest BCUT2D eigenvalue weighted by molar-refractivity contribution is 5.94. The summed E-state index contributed by atoms with van der Waals surface area (Å²) in [6.45, 7) is 7.33. The summed E-state index contributed by atoms with van der Waals surface area (Å²) in [7, 11) is 1.85. The minimum atomic E-state index is 0.0101. The van der Waals surface area contributed by atoms with E-state index in [2.05, 4.69) is 41.8 Å². The van der Waals surface area contributed by atoms with Crippen LogP contribution in [0.4, 0.5) is 0 Å². The van der Waals surface area contributed by atoms with E-state index < -0.39 is 0 Å². The second kappa shape index (κ2) is 6.93. The first-order chi connectivity index (χ1) is 11.8. The Morgan fingerprint density at radius 2 is 2.00 bits per heavy atom. The number of aromatic nitrogens is 3. The number of nitrogens with zero attached hydrogens (tertiary/aromatic N) is 4. The van der Waals surface area contributed by atoms with E-state index in [-0.39, 0.29) is 17.4 Å². The van der Waals surface area contributed by atoms with Gasteiger partial charge in [0, 0.05) is 36.9 Å². The third kappa shape index (κ3) is 4.05. The normalized spacial score (nSPS) is 20.6. The topological polar surface area (TPSA) is 75.1 Å². The number of amides is 1. The molecular weight excluding hydrogens is 316 g/mol. The van der Waals surface area contributed by atoms with Crippen LogP contribution in [0.2, 0.25) is 0 Å². The molecule has 134 valence electrons. The highest BCUT2D eigenvalue weighted by Crippen LogP contribution is 2.25. The molecule has 2 aromatic rings. The predicted octanol–water partition coefficient (Wildman–Crippen LogP) is 1.62. The van der Waals surface area contributed by atoms with Crippen LogP contribution in [0, 0.1) is 5.41 Å². The highest BCUT2D eigenvalue weighted by atomic mass is 16.2. The van der Waals surface area contributed by atoms with Crippen molar-refractivity contribution in [2.24, 2.45) is 5.41 Å². The maximum absolute atomic E-state index is 12.8. The van der Waals surface area contributed by atoms with Crippen molar-refractivity contribution in [3.05, 3.63) is 42.5 Å². The van der Waals surface area contributed by atoms with Crippen molar-refractivity contribution in [3.63, 3.8) is 0 Å². The molecule has 0 aliphatic carbocycles. The zero-order chi connectivity index (χ0) is 18.0.